The standard InChI is InChI=1S/C16H15/c1-13-3-7-15(8-4-13)11-12-16-9-5-14(2)6-10-16/h3-11H,1-2H3. The van der Waals surface area contributed by atoms with Gasteiger partial charge in [-0.3, -0.25) is 0 Å². The molecule has 0 aliphatic rings. The van der Waals surface area contributed by atoms with Gasteiger partial charge in [-0.1, -0.05) is 59.7 Å². The van der Waals surface area contributed by atoms with Crippen molar-refractivity contribution in [3.63, 3.8) is 0 Å². The van der Waals surface area contributed by atoms with Gasteiger partial charge in [0.15, 0.2) is 0 Å². The van der Waals surface area contributed by atoms with Crippen molar-refractivity contribution in [1.29, 1.82) is 0 Å². The molecule has 0 atom stereocenters. The third-order valence-electron chi connectivity index (χ3n) is 2.53. The molecule has 0 aliphatic heterocycles. The van der Waals surface area contributed by atoms with Gasteiger partial charge >= 0.3 is 0 Å². The highest BCUT2D eigenvalue weighted by Gasteiger charge is 1.89. The Hall–Kier alpha value is -1.82. The van der Waals surface area contributed by atoms with Crippen LogP contribution in [0.15, 0.2) is 48.5 Å². The van der Waals surface area contributed by atoms with E-state index in [0.29, 0.717) is 0 Å². The molecule has 0 heterocycles. The lowest BCUT2D eigenvalue weighted by Crippen LogP contribution is -1.77. The van der Waals surface area contributed by atoms with E-state index in [1.165, 1.54) is 16.7 Å². The molecule has 0 aromatic heterocycles. The van der Waals surface area contributed by atoms with Gasteiger partial charge in [-0.15, -0.1) is 0 Å². The second-order valence-corrected chi connectivity index (χ2v) is 4.07. The molecule has 0 unspecified atom stereocenters. The molecule has 79 valence electrons. The molecule has 0 nitrogen and oxygen atoms in total. The molecule has 2 aromatic rings. The summed E-state index contributed by atoms with van der Waals surface area (Å²) in [5.41, 5.74) is 4.87. The topological polar surface area (TPSA) is 0 Å². The number of hydrogen-bond donors (Lipinski definition) is 0. The molecule has 1 radical (unpaired) electrons. The molecule has 0 fully saturated rings. The smallest absolute Gasteiger partial charge is 0.00992 e. The van der Waals surface area contributed by atoms with Gasteiger partial charge in [0, 0.05) is 0 Å². The molecule has 0 spiro atoms. The zero-order valence-corrected chi connectivity index (χ0v) is 9.70. The molecule has 2 rings (SSSR count). The van der Waals surface area contributed by atoms with Crippen LogP contribution in [-0.2, 0) is 0 Å². The van der Waals surface area contributed by atoms with Crippen LogP contribution in [0.4, 0.5) is 0 Å². The minimum atomic E-state index is 1.12. The Labute approximate surface area is 97.3 Å². The van der Waals surface area contributed by atoms with Crippen LogP contribution in [0.2, 0.25) is 0 Å². The highest BCUT2D eigenvalue weighted by Crippen LogP contribution is 2.08. The van der Waals surface area contributed by atoms with Crippen molar-refractivity contribution >= 4 is 6.08 Å². The molecule has 0 amide bonds. The third-order valence-corrected chi connectivity index (χ3v) is 2.53. The molecule has 0 saturated heterocycles. The number of aryl methyl sites for hydroxylation is 2. The van der Waals surface area contributed by atoms with E-state index in [0.717, 1.165) is 5.56 Å². The van der Waals surface area contributed by atoms with Crippen molar-refractivity contribution in [3.8, 4) is 0 Å². The fourth-order valence-corrected chi connectivity index (χ4v) is 1.48. The van der Waals surface area contributed by atoms with Crippen LogP contribution in [0, 0.1) is 19.9 Å². The van der Waals surface area contributed by atoms with Gasteiger partial charge in [0.1, 0.15) is 0 Å². The predicted octanol–water partition coefficient (Wildman–Crippen LogP) is 4.17. The van der Waals surface area contributed by atoms with E-state index in [-0.39, 0.29) is 0 Å². The van der Waals surface area contributed by atoms with Crippen LogP contribution < -0.4 is 0 Å². The maximum atomic E-state index is 3.28. The molecule has 0 N–H and O–H groups in total. The van der Waals surface area contributed by atoms with E-state index in [2.05, 4.69) is 68.5 Å². The summed E-state index contributed by atoms with van der Waals surface area (Å²) in [7, 11) is 0. The van der Waals surface area contributed by atoms with Gasteiger partial charge in [0.25, 0.3) is 0 Å². The van der Waals surface area contributed by atoms with E-state index in [1.54, 1.807) is 0 Å². The van der Waals surface area contributed by atoms with Crippen LogP contribution in [0.1, 0.15) is 22.3 Å². The lowest BCUT2D eigenvalue weighted by Gasteiger charge is -1.96. The van der Waals surface area contributed by atoms with Crippen molar-refractivity contribution in [2.75, 3.05) is 0 Å². The van der Waals surface area contributed by atoms with E-state index in [1.807, 2.05) is 6.08 Å². The van der Waals surface area contributed by atoms with Crippen LogP contribution in [0.25, 0.3) is 6.08 Å². The lowest BCUT2D eigenvalue weighted by atomic mass is 10.1. The zero-order valence-electron chi connectivity index (χ0n) is 9.70. The lowest BCUT2D eigenvalue weighted by molar-refractivity contribution is 1.44. The Bertz CT molecular complexity index is 425. The molecule has 2 aromatic carbocycles. The maximum Gasteiger partial charge on any atom is -0.00992 e. The van der Waals surface area contributed by atoms with Crippen LogP contribution >= 0.6 is 0 Å². The normalized spacial score (nSPS) is 10.9. The largest absolute Gasteiger partial charge is 0.0587 e. The summed E-state index contributed by atoms with van der Waals surface area (Å²) in [6.45, 7) is 4.19. The predicted molar refractivity (Wildman–Crippen MR) is 69.2 cm³/mol. The molecular formula is C16H15. The van der Waals surface area contributed by atoms with Crippen LogP contribution in [0.5, 0.6) is 0 Å². The summed E-state index contributed by atoms with van der Waals surface area (Å²) in [5, 5.41) is 0. The highest BCUT2D eigenvalue weighted by atomic mass is 13.9. The van der Waals surface area contributed by atoms with Crippen molar-refractivity contribution in [2.24, 2.45) is 0 Å². The first kappa shape index (κ1) is 10.7. The minimum absolute atomic E-state index is 1.12. The summed E-state index contributed by atoms with van der Waals surface area (Å²) in [4.78, 5) is 0. The van der Waals surface area contributed by atoms with Gasteiger partial charge in [0.2, 0.25) is 0 Å². The van der Waals surface area contributed by atoms with Crippen molar-refractivity contribution in [2.45, 2.75) is 13.8 Å². The number of rotatable bonds is 2. The monoisotopic (exact) mass is 207 g/mol. The van der Waals surface area contributed by atoms with E-state index >= 15 is 0 Å². The van der Waals surface area contributed by atoms with E-state index in [4.69, 9.17) is 0 Å². The summed E-state index contributed by atoms with van der Waals surface area (Å²) in [6, 6.07) is 16.8. The Balaban J connectivity index is 2.15. The molecule has 16 heavy (non-hydrogen) atoms. The van der Waals surface area contributed by atoms with Crippen molar-refractivity contribution in [1.82, 2.24) is 0 Å². The average molecular weight is 207 g/mol. The van der Waals surface area contributed by atoms with Crippen molar-refractivity contribution in [3.05, 3.63) is 76.9 Å². The first-order valence-electron chi connectivity index (χ1n) is 5.47. The van der Waals surface area contributed by atoms with E-state index < -0.39 is 0 Å². The molecular weight excluding hydrogens is 192 g/mol. The first-order chi connectivity index (χ1) is 7.74. The van der Waals surface area contributed by atoms with Crippen molar-refractivity contribution < 1.29 is 0 Å². The summed E-state index contributed by atoms with van der Waals surface area (Å²) < 4.78 is 0. The SMILES string of the molecule is Cc1ccc([C]=Cc2ccc(C)cc2)cc1. The Morgan fingerprint density at radius 1 is 0.750 bits per heavy atom. The molecule has 0 aliphatic carbocycles. The average Bonchev–Trinajstić information content (AvgIpc) is 2.30. The second-order valence-electron chi connectivity index (χ2n) is 4.07. The fraction of sp³-hybridized carbons (Fsp3) is 0.125. The third kappa shape index (κ3) is 2.83. The van der Waals surface area contributed by atoms with E-state index in [9.17, 15) is 0 Å². The molecule has 0 bridgehead atoms. The molecule has 0 heteroatoms. The first-order valence-corrected chi connectivity index (χ1v) is 5.47. The Morgan fingerprint density at radius 2 is 1.25 bits per heavy atom. The van der Waals surface area contributed by atoms with Gasteiger partial charge in [-0.05, 0) is 37.1 Å². The highest BCUT2D eigenvalue weighted by molar-refractivity contribution is 5.51. The van der Waals surface area contributed by atoms with Gasteiger partial charge < -0.3 is 0 Å². The summed E-state index contributed by atoms with van der Waals surface area (Å²) >= 11 is 0. The summed E-state index contributed by atoms with van der Waals surface area (Å²) in [6.07, 6.45) is 5.30. The van der Waals surface area contributed by atoms with Crippen LogP contribution in [-0.4, -0.2) is 0 Å². The van der Waals surface area contributed by atoms with Crippen LogP contribution in [0.3, 0.4) is 0 Å². The number of hydrogen-bond acceptors (Lipinski definition) is 0. The quantitative estimate of drug-likeness (QED) is 0.648. The summed E-state index contributed by atoms with van der Waals surface area (Å²) in [5.74, 6) is 0. The Morgan fingerprint density at radius 3 is 1.81 bits per heavy atom. The van der Waals surface area contributed by atoms with Gasteiger partial charge in [-0.25, -0.2) is 0 Å². The zero-order chi connectivity index (χ0) is 11.4. The maximum absolute atomic E-state index is 3.28. The number of benzene rings is 2. The van der Waals surface area contributed by atoms with Gasteiger partial charge in [-0.2, -0.15) is 0 Å². The minimum Gasteiger partial charge on any atom is -0.0587 e. The second kappa shape index (κ2) is 4.80. The Kier molecular flexibility index (Phi) is 3.21. The fourth-order valence-electron chi connectivity index (χ4n) is 1.48. The molecule has 0 saturated carbocycles. The van der Waals surface area contributed by atoms with Gasteiger partial charge in [0.05, 0.1) is 0 Å².